The van der Waals surface area contributed by atoms with Gasteiger partial charge in [-0.15, -0.1) is 0 Å². The number of rotatable bonds is 6. The van der Waals surface area contributed by atoms with Gasteiger partial charge in [0.05, 0.1) is 5.69 Å². The minimum absolute atomic E-state index is 0.151. The van der Waals surface area contributed by atoms with Crippen LogP contribution in [0.4, 0.5) is 4.39 Å². The van der Waals surface area contributed by atoms with Crippen LogP contribution in [-0.4, -0.2) is 16.5 Å². The molecule has 0 aliphatic heterocycles. The Balaban J connectivity index is 1.76. The fourth-order valence-electron chi connectivity index (χ4n) is 1.96. The van der Waals surface area contributed by atoms with E-state index in [0.717, 1.165) is 35.1 Å². The molecule has 0 amide bonds. The zero-order valence-electron chi connectivity index (χ0n) is 11.3. The van der Waals surface area contributed by atoms with Crippen molar-refractivity contribution in [2.75, 3.05) is 6.54 Å². The average Bonchev–Trinajstić information content (AvgIpc) is 2.46. The van der Waals surface area contributed by atoms with Crippen molar-refractivity contribution in [1.29, 1.82) is 0 Å². The Morgan fingerprint density at radius 3 is 2.90 bits per heavy atom. The van der Waals surface area contributed by atoms with Crippen LogP contribution in [0.25, 0.3) is 0 Å². The molecule has 106 valence electrons. The summed E-state index contributed by atoms with van der Waals surface area (Å²) in [5, 5.41) is 3.37. The van der Waals surface area contributed by atoms with Crippen molar-refractivity contribution in [3.8, 4) is 0 Å². The van der Waals surface area contributed by atoms with Crippen LogP contribution in [0.5, 0.6) is 0 Å². The zero-order valence-corrected chi connectivity index (χ0v) is 12.9. The lowest BCUT2D eigenvalue weighted by molar-refractivity contribution is 0.538. The summed E-state index contributed by atoms with van der Waals surface area (Å²) in [4.78, 5) is 8.29. The third-order valence-electron chi connectivity index (χ3n) is 3.12. The van der Waals surface area contributed by atoms with Gasteiger partial charge >= 0.3 is 0 Å². The predicted octanol–water partition coefficient (Wildman–Crippen LogP) is 3.66. The van der Waals surface area contributed by atoms with Gasteiger partial charge < -0.3 is 5.32 Å². The van der Waals surface area contributed by atoms with Gasteiger partial charge in [-0.2, -0.15) is 0 Å². The van der Waals surface area contributed by atoms with Crippen molar-refractivity contribution in [3.63, 3.8) is 0 Å². The first kappa shape index (κ1) is 15.1. The molecule has 0 spiro atoms. The van der Waals surface area contributed by atoms with E-state index in [0.29, 0.717) is 0 Å². The van der Waals surface area contributed by atoms with E-state index in [1.165, 1.54) is 6.07 Å². The minimum Gasteiger partial charge on any atom is -0.309 e. The number of aryl methyl sites for hydroxylation is 1. The summed E-state index contributed by atoms with van der Waals surface area (Å²) in [5.41, 5.74) is 1.67. The Hall–Kier alpha value is -1.33. The molecule has 2 aromatic rings. The van der Waals surface area contributed by atoms with Gasteiger partial charge in [0.2, 0.25) is 0 Å². The molecule has 1 atom stereocenters. The van der Waals surface area contributed by atoms with Crippen molar-refractivity contribution >= 4 is 15.9 Å². The van der Waals surface area contributed by atoms with Gasteiger partial charge in [0.15, 0.2) is 0 Å². The number of halogens is 2. The highest BCUT2D eigenvalue weighted by atomic mass is 79.9. The fraction of sp³-hybridized carbons (Fsp3) is 0.333. The quantitative estimate of drug-likeness (QED) is 0.817. The van der Waals surface area contributed by atoms with Crippen LogP contribution < -0.4 is 5.32 Å². The number of nitrogens with one attached hydrogen (secondary N) is 1. The van der Waals surface area contributed by atoms with Crippen LogP contribution in [0, 0.1) is 5.82 Å². The Morgan fingerprint density at radius 1 is 1.35 bits per heavy atom. The summed E-state index contributed by atoms with van der Waals surface area (Å²) in [7, 11) is 0. The molecule has 0 unspecified atom stereocenters. The van der Waals surface area contributed by atoms with Gasteiger partial charge in [-0.25, -0.2) is 4.39 Å². The maximum atomic E-state index is 13.6. The number of hydrogen-bond donors (Lipinski definition) is 1. The average molecular weight is 338 g/mol. The second-order valence-electron chi connectivity index (χ2n) is 4.65. The van der Waals surface area contributed by atoms with E-state index in [1.54, 1.807) is 18.6 Å². The number of hydrogen-bond acceptors (Lipinski definition) is 3. The molecular weight excluding hydrogens is 321 g/mol. The highest BCUT2D eigenvalue weighted by molar-refractivity contribution is 9.10. The molecule has 0 saturated carbocycles. The maximum Gasteiger partial charge on any atom is 0.127 e. The standard InChI is InChI=1S/C15H17BrFN3/c1-11(15-10-18-7-8-20-15)19-6-2-3-12-4-5-13(16)9-14(12)17/h4-5,7-11,19H,2-3,6H2,1H3/t11-/m0/s1. The van der Waals surface area contributed by atoms with E-state index in [-0.39, 0.29) is 11.9 Å². The Morgan fingerprint density at radius 2 is 2.20 bits per heavy atom. The lowest BCUT2D eigenvalue weighted by Gasteiger charge is -2.12. The highest BCUT2D eigenvalue weighted by Gasteiger charge is 2.06. The van der Waals surface area contributed by atoms with E-state index in [2.05, 4.69) is 31.2 Å². The largest absolute Gasteiger partial charge is 0.309 e. The van der Waals surface area contributed by atoms with Gasteiger partial charge in [0.25, 0.3) is 0 Å². The highest BCUT2D eigenvalue weighted by Crippen LogP contribution is 2.16. The van der Waals surface area contributed by atoms with Gasteiger partial charge in [-0.3, -0.25) is 9.97 Å². The Bertz CT molecular complexity index is 548. The molecule has 0 bridgehead atoms. The lowest BCUT2D eigenvalue weighted by atomic mass is 10.1. The topological polar surface area (TPSA) is 37.8 Å². The molecule has 0 radical (unpaired) electrons. The first-order valence-electron chi connectivity index (χ1n) is 6.60. The molecule has 5 heteroatoms. The van der Waals surface area contributed by atoms with E-state index in [4.69, 9.17) is 0 Å². The van der Waals surface area contributed by atoms with E-state index < -0.39 is 0 Å². The SMILES string of the molecule is C[C@H](NCCCc1ccc(Br)cc1F)c1cnccn1. The van der Waals surface area contributed by atoms with Crippen LogP contribution in [-0.2, 0) is 6.42 Å². The van der Waals surface area contributed by atoms with Crippen LogP contribution >= 0.6 is 15.9 Å². The smallest absolute Gasteiger partial charge is 0.127 e. The summed E-state index contributed by atoms with van der Waals surface area (Å²) < 4.78 is 14.4. The normalized spacial score (nSPS) is 12.3. The summed E-state index contributed by atoms with van der Waals surface area (Å²) in [6.45, 7) is 2.86. The first-order valence-corrected chi connectivity index (χ1v) is 7.39. The molecule has 1 aromatic carbocycles. The van der Waals surface area contributed by atoms with Crippen molar-refractivity contribution in [2.24, 2.45) is 0 Å². The van der Waals surface area contributed by atoms with Crippen LogP contribution in [0.3, 0.4) is 0 Å². The fourth-order valence-corrected chi connectivity index (χ4v) is 2.29. The Labute approximate surface area is 126 Å². The van der Waals surface area contributed by atoms with E-state index in [9.17, 15) is 4.39 Å². The van der Waals surface area contributed by atoms with Gasteiger partial charge in [-0.1, -0.05) is 22.0 Å². The second-order valence-corrected chi connectivity index (χ2v) is 5.56. The third kappa shape index (κ3) is 4.35. The molecule has 0 saturated heterocycles. The van der Waals surface area contributed by atoms with Gasteiger partial charge in [0, 0.05) is 29.1 Å². The number of nitrogens with zero attached hydrogens (tertiary/aromatic N) is 2. The number of benzene rings is 1. The maximum absolute atomic E-state index is 13.6. The molecule has 20 heavy (non-hydrogen) atoms. The zero-order chi connectivity index (χ0) is 14.4. The summed E-state index contributed by atoms with van der Waals surface area (Å²) in [6.07, 6.45) is 6.70. The Kier molecular flexibility index (Phi) is 5.61. The molecule has 1 heterocycles. The molecule has 0 aliphatic carbocycles. The van der Waals surface area contributed by atoms with Gasteiger partial charge in [0.1, 0.15) is 5.82 Å². The molecule has 1 aromatic heterocycles. The van der Waals surface area contributed by atoms with Crippen LogP contribution in [0.1, 0.15) is 30.6 Å². The lowest BCUT2D eigenvalue weighted by Crippen LogP contribution is -2.21. The molecule has 2 rings (SSSR count). The van der Waals surface area contributed by atoms with Crippen LogP contribution in [0.15, 0.2) is 41.3 Å². The van der Waals surface area contributed by atoms with Crippen molar-refractivity contribution < 1.29 is 4.39 Å². The minimum atomic E-state index is -0.152. The molecule has 0 fully saturated rings. The molecular formula is C15H17BrFN3. The van der Waals surface area contributed by atoms with Crippen LogP contribution in [0.2, 0.25) is 0 Å². The van der Waals surface area contributed by atoms with E-state index in [1.807, 2.05) is 19.1 Å². The monoisotopic (exact) mass is 337 g/mol. The summed E-state index contributed by atoms with van der Waals surface area (Å²) in [5.74, 6) is -0.152. The van der Waals surface area contributed by atoms with Crippen molar-refractivity contribution in [2.45, 2.75) is 25.8 Å². The predicted molar refractivity (Wildman–Crippen MR) is 80.9 cm³/mol. The van der Waals surface area contributed by atoms with E-state index >= 15 is 0 Å². The molecule has 1 N–H and O–H groups in total. The summed E-state index contributed by atoms with van der Waals surface area (Å²) in [6, 6.07) is 5.35. The van der Waals surface area contributed by atoms with Crippen molar-refractivity contribution in [1.82, 2.24) is 15.3 Å². The first-order chi connectivity index (χ1) is 9.66. The summed E-state index contributed by atoms with van der Waals surface area (Å²) >= 11 is 3.26. The number of aromatic nitrogens is 2. The second kappa shape index (κ2) is 7.45. The molecule has 3 nitrogen and oxygen atoms in total. The van der Waals surface area contributed by atoms with Crippen molar-refractivity contribution in [3.05, 3.63) is 58.3 Å². The van der Waals surface area contributed by atoms with Gasteiger partial charge in [-0.05, 0) is 44.0 Å². The molecule has 0 aliphatic rings. The third-order valence-corrected chi connectivity index (χ3v) is 3.61.